The van der Waals surface area contributed by atoms with Crippen LogP contribution in [-0.4, -0.2) is 22.4 Å². The van der Waals surface area contributed by atoms with Crippen molar-refractivity contribution in [2.75, 3.05) is 5.01 Å². The zero-order valence-corrected chi connectivity index (χ0v) is 8.79. The van der Waals surface area contributed by atoms with E-state index in [2.05, 4.69) is 10.1 Å². The van der Waals surface area contributed by atoms with Crippen LogP contribution >= 0.6 is 0 Å². The molecular formula is C9H13N5O2. The lowest BCUT2D eigenvalue weighted by Crippen LogP contribution is -2.30. The first-order valence-electron chi connectivity index (χ1n) is 4.49. The van der Waals surface area contributed by atoms with Gasteiger partial charge in [-0.25, -0.2) is 15.8 Å². The number of hydrogen-bond acceptors (Lipinski definition) is 5. The molecule has 1 rings (SSSR count). The van der Waals surface area contributed by atoms with E-state index in [9.17, 15) is 4.79 Å². The third-order valence-electron chi connectivity index (χ3n) is 2.00. The van der Waals surface area contributed by atoms with Gasteiger partial charge in [-0.3, -0.25) is 4.79 Å². The molecule has 0 saturated carbocycles. The van der Waals surface area contributed by atoms with Crippen LogP contribution in [0.25, 0.3) is 0 Å². The summed E-state index contributed by atoms with van der Waals surface area (Å²) in [5, 5.41) is 13.1. The second kappa shape index (κ2) is 5.08. The molecule has 0 bridgehead atoms. The summed E-state index contributed by atoms with van der Waals surface area (Å²) in [7, 11) is 0. The molecule has 0 fully saturated rings. The van der Waals surface area contributed by atoms with Crippen LogP contribution in [0.15, 0.2) is 17.4 Å². The number of anilines is 1. The number of hydrazone groups is 1. The summed E-state index contributed by atoms with van der Waals surface area (Å²) in [5.74, 6) is 10.0. The van der Waals surface area contributed by atoms with Gasteiger partial charge in [-0.05, 0) is 24.1 Å². The van der Waals surface area contributed by atoms with Crippen molar-refractivity contribution in [1.29, 1.82) is 0 Å². The summed E-state index contributed by atoms with van der Waals surface area (Å²) in [6.45, 7) is 1.79. The van der Waals surface area contributed by atoms with Crippen molar-refractivity contribution in [2.24, 2.45) is 16.8 Å². The summed E-state index contributed by atoms with van der Waals surface area (Å²) in [6.07, 6.45) is 2.62. The van der Waals surface area contributed by atoms with Crippen molar-refractivity contribution in [3.05, 3.63) is 23.4 Å². The number of pyridine rings is 1. The van der Waals surface area contributed by atoms with E-state index < -0.39 is 5.97 Å². The third-order valence-corrected chi connectivity index (χ3v) is 2.00. The lowest BCUT2D eigenvalue weighted by atomic mass is 10.1. The molecule has 1 aromatic heterocycles. The highest BCUT2D eigenvalue weighted by atomic mass is 16.4. The Kier molecular flexibility index (Phi) is 3.78. The summed E-state index contributed by atoms with van der Waals surface area (Å²) in [6, 6.07) is 1.67. The van der Waals surface area contributed by atoms with Gasteiger partial charge in [0.15, 0.2) is 0 Å². The molecule has 7 heteroatoms. The van der Waals surface area contributed by atoms with Crippen LogP contribution in [-0.2, 0) is 11.2 Å². The maximum absolute atomic E-state index is 10.5. The Balaban J connectivity index is 2.94. The Bertz CT molecular complexity index is 418. The Morgan fingerprint density at radius 3 is 2.94 bits per heavy atom. The molecule has 1 aromatic rings. The summed E-state index contributed by atoms with van der Waals surface area (Å²) in [5.41, 5.74) is 1.45. The molecule has 0 unspecified atom stereocenters. The lowest BCUT2D eigenvalue weighted by Gasteiger charge is -2.12. The summed E-state index contributed by atoms with van der Waals surface area (Å²) < 4.78 is 0. The first kappa shape index (κ1) is 11.9. The molecule has 0 aliphatic carbocycles. The maximum atomic E-state index is 10.5. The lowest BCUT2D eigenvalue weighted by molar-refractivity contribution is -0.136. The van der Waals surface area contributed by atoms with Crippen molar-refractivity contribution in [3.63, 3.8) is 0 Å². The van der Waals surface area contributed by atoms with Gasteiger partial charge in [0.2, 0.25) is 0 Å². The second-order valence-electron chi connectivity index (χ2n) is 3.21. The van der Waals surface area contributed by atoms with Gasteiger partial charge in [0.1, 0.15) is 12.2 Å². The van der Waals surface area contributed by atoms with Crippen molar-refractivity contribution < 1.29 is 9.90 Å². The fourth-order valence-electron chi connectivity index (χ4n) is 1.19. The van der Waals surface area contributed by atoms with E-state index in [1.165, 1.54) is 12.5 Å². The Morgan fingerprint density at radius 1 is 1.75 bits per heavy atom. The number of aliphatic carboxylic acids is 1. The van der Waals surface area contributed by atoms with Crippen LogP contribution in [0.5, 0.6) is 0 Å². The highest BCUT2D eigenvalue weighted by molar-refractivity contribution is 5.76. The molecule has 16 heavy (non-hydrogen) atoms. The number of nitrogens with zero attached hydrogens (tertiary/aromatic N) is 3. The molecule has 0 aliphatic rings. The van der Waals surface area contributed by atoms with Gasteiger partial charge in [-0.1, -0.05) is 0 Å². The maximum Gasteiger partial charge on any atom is 0.307 e. The van der Waals surface area contributed by atoms with Crippen LogP contribution in [0.4, 0.5) is 5.82 Å². The van der Waals surface area contributed by atoms with Gasteiger partial charge in [-0.2, -0.15) is 5.10 Å². The first-order chi connectivity index (χ1) is 7.54. The van der Waals surface area contributed by atoms with E-state index >= 15 is 0 Å². The largest absolute Gasteiger partial charge is 0.481 e. The van der Waals surface area contributed by atoms with Gasteiger partial charge in [0.05, 0.1) is 6.42 Å². The zero-order valence-electron chi connectivity index (χ0n) is 8.79. The van der Waals surface area contributed by atoms with Crippen molar-refractivity contribution >= 4 is 18.1 Å². The highest BCUT2D eigenvalue weighted by Crippen LogP contribution is 2.13. The van der Waals surface area contributed by atoms with E-state index in [-0.39, 0.29) is 6.42 Å². The minimum Gasteiger partial charge on any atom is -0.481 e. The topological polar surface area (TPSA) is 118 Å². The summed E-state index contributed by atoms with van der Waals surface area (Å²) >= 11 is 0. The van der Waals surface area contributed by atoms with Crippen molar-refractivity contribution in [1.82, 2.24) is 4.98 Å². The highest BCUT2D eigenvalue weighted by Gasteiger charge is 2.07. The van der Waals surface area contributed by atoms with Gasteiger partial charge in [0.25, 0.3) is 0 Å². The molecule has 0 aromatic carbocycles. The molecule has 0 aliphatic heterocycles. The number of hydrazine groups is 1. The molecule has 0 atom stereocenters. The average molecular weight is 223 g/mol. The monoisotopic (exact) mass is 223 g/mol. The number of hydrogen-bond donors (Lipinski definition) is 3. The van der Waals surface area contributed by atoms with Gasteiger partial charge in [0, 0.05) is 6.20 Å². The number of aromatic nitrogens is 1. The predicted octanol–water partition coefficient (Wildman–Crippen LogP) is -0.401. The predicted molar refractivity (Wildman–Crippen MR) is 59.7 cm³/mol. The summed E-state index contributed by atoms with van der Waals surface area (Å²) in [4.78, 5) is 14.5. The van der Waals surface area contributed by atoms with E-state index in [4.69, 9.17) is 16.8 Å². The number of carbonyl (C=O) groups is 1. The van der Waals surface area contributed by atoms with Crippen LogP contribution < -0.4 is 16.7 Å². The van der Waals surface area contributed by atoms with E-state index in [0.717, 1.165) is 10.6 Å². The molecule has 7 nitrogen and oxygen atoms in total. The van der Waals surface area contributed by atoms with Crippen LogP contribution in [0.1, 0.15) is 11.1 Å². The molecule has 0 amide bonds. The molecular weight excluding hydrogens is 210 g/mol. The fourth-order valence-corrected chi connectivity index (χ4v) is 1.19. The second-order valence-corrected chi connectivity index (χ2v) is 3.21. The average Bonchev–Trinajstić information content (AvgIpc) is 2.20. The Labute approximate surface area is 92.3 Å². The van der Waals surface area contributed by atoms with Crippen LogP contribution in [0.2, 0.25) is 0 Å². The van der Waals surface area contributed by atoms with Crippen LogP contribution in [0, 0.1) is 6.92 Å². The number of aryl methyl sites for hydroxylation is 1. The minimum absolute atomic E-state index is 0.0609. The SMILES string of the molecule is Cc1cc(N(N)/C=N\N)ncc1CC(=O)O. The smallest absolute Gasteiger partial charge is 0.307 e. The third kappa shape index (κ3) is 2.92. The number of carboxylic acid groups (broad SMARTS) is 1. The fraction of sp³-hybridized carbons (Fsp3) is 0.222. The Morgan fingerprint density at radius 2 is 2.44 bits per heavy atom. The minimum atomic E-state index is -0.897. The normalized spacial score (nSPS) is 10.6. The van der Waals surface area contributed by atoms with Gasteiger partial charge < -0.3 is 10.9 Å². The first-order valence-corrected chi connectivity index (χ1v) is 4.49. The van der Waals surface area contributed by atoms with Crippen LogP contribution in [0.3, 0.4) is 0 Å². The van der Waals surface area contributed by atoms with E-state index in [1.807, 2.05) is 0 Å². The number of carboxylic acids is 1. The molecule has 1 heterocycles. The molecule has 0 radical (unpaired) electrons. The van der Waals surface area contributed by atoms with Crippen molar-refractivity contribution in [3.8, 4) is 0 Å². The zero-order chi connectivity index (χ0) is 12.1. The molecule has 86 valence electrons. The number of nitrogens with two attached hydrogens (primary N) is 2. The van der Waals surface area contributed by atoms with Crippen molar-refractivity contribution in [2.45, 2.75) is 13.3 Å². The standard InChI is InChI=1S/C9H13N5O2/c1-6-2-8(14(11)5-13-10)12-4-7(6)3-9(15)16/h2,4-5H,3,10-11H2,1H3,(H,15,16)/b13-5-. The van der Waals surface area contributed by atoms with Gasteiger partial charge >= 0.3 is 5.97 Å². The number of rotatable bonds is 4. The van der Waals surface area contributed by atoms with E-state index in [0.29, 0.717) is 11.4 Å². The molecule has 0 saturated heterocycles. The van der Waals surface area contributed by atoms with E-state index in [1.54, 1.807) is 13.0 Å². The molecule has 0 spiro atoms. The Hall–Kier alpha value is -2.15. The molecule has 5 N–H and O–H groups in total. The quantitative estimate of drug-likeness (QED) is 0.276. The van der Waals surface area contributed by atoms with Gasteiger partial charge in [-0.15, -0.1) is 0 Å².